The highest BCUT2D eigenvalue weighted by atomic mass is 16.5. The lowest BCUT2D eigenvalue weighted by atomic mass is 10.2. The first-order chi connectivity index (χ1) is 7.34. The van der Waals surface area contributed by atoms with E-state index in [0.717, 1.165) is 12.8 Å². The molecule has 0 fully saturated rings. The number of hydrogen-bond acceptors (Lipinski definition) is 4. The van der Waals surface area contributed by atoms with Crippen LogP contribution in [0.25, 0.3) is 0 Å². The van der Waals surface area contributed by atoms with Gasteiger partial charge < -0.3 is 9.15 Å². The summed E-state index contributed by atoms with van der Waals surface area (Å²) in [7, 11) is 0. The fourth-order valence-corrected chi connectivity index (χ4v) is 1.26. The van der Waals surface area contributed by atoms with E-state index in [2.05, 4.69) is 11.9 Å². The van der Waals surface area contributed by atoms with Gasteiger partial charge in [-0.05, 0) is 6.42 Å². The van der Waals surface area contributed by atoms with Crippen molar-refractivity contribution in [2.45, 2.75) is 39.0 Å². The van der Waals surface area contributed by atoms with Crippen LogP contribution in [-0.4, -0.2) is 17.6 Å². The third-order valence-corrected chi connectivity index (χ3v) is 2.09. The normalized spacial score (nSPS) is 10.2. The van der Waals surface area contributed by atoms with E-state index in [1.807, 2.05) is 0 Å². The molecule has 0 aromatic carbocycles. The number of nitrogens with zero attached hydrogens (tertiary/aromatic N) is 1. The number of aromatic nitrogens is 1. The van der Waals surface area contributed by atoms with Gasteiger partial charge in [0.2, 0.25) is 0 Å². The first-order valence-electron chi connectivity index (χ1n) is 5.41. The minimum Gasteiger partial charge on any atom is -0.459 e. The second-order valence-electron chi connectivity index (χ2n) is 3.39. The molecule has 0 saturated heterocycles. The van der Waals surface area contributed by atoms with Crippen molar-refractivity contribution in [3.63, 3.8) is 0 Å². The van der Waals surface area contributed by atoms with Gasteiger partial charge in [-0.2, -0.15) is 0 Å². The molecule has 15 heavy (non-hydrogen) atoms. The van der Waals surface area contributed by atoms with E-state index < -0.39 is 5.97 Å². The highest BCUT2D eigenvalue weighted by molar-refractivity contribution is 5.83. The minimum absolute atomic E-state index is 0.0311. The Hall–Kier alpha value is -1.32. The van der Waals surface area contributed by atoms with Gasteiger partial charge in [0, 0.05) is 0 Å². The van der Waals surface area contributed by atoms with Crippen LogP contribution in [0.5, 0.6) is 0 Å². The molecule has 4 nitrogen and oxygen atoms in total. The lowest BCUT2D eigenvalue weighted by Gasteiger charge is -2.01. The van der Waals surface area contributed by atoms with Crippen LogP contribution in [0.3, 0.4) is 0 Å². The molecular weight excluding hydrogens is 194 g/mol. The van der Waals surface area contributed by atoms with E-state index in [9.17, 15) is 4.79 Å². The first-order valence-corrected chi connectivity index (χ1v) is 5.41. The van der Waals surface area contributed by atoms with E-state index in [1.165, 1.54) is 31.7 Å². The number of oxazole rings is 1. The molecule has 0 aliphatic rings. The Morgan fingerprint density at radius 3 is 2.87 bits per heavy atom. The predicted octanol–water partition coefficient (Wildman–Crippen LogP) is 2.80. The average molecular weight is 211 g/mol. The smallest absolute Gasteiger partial charge is 0.394 e. The van der Waals surface area contributed by atoms with Gasteiger partial charge in [0.25, 0.3) is 0 Å². The lowest BCUT2D eigenvalue weighted by Crippen LogP contribution is -2.06. The van der Waals surface area contributed by atoms with Crippen LogP contribution in [0, 0.1) is 0 Å². The van der Waals surface area contributed by atoms with Crippen LogP contribution in [0.4, 0.5) is 0 Å². The molecule has 1 heterocycles. The van der Waals surface area contributed by atoms with E-state index in [1.54, 1.807) is 0 Å². The van der Waals surface area contributed by atoms with Crippen molar-refractivity contribution in [1.82, 2.24) is 4.98 Å². The fourth-order valence-electron chi connectivity index (χ4n) is 1.26. The SMILES string of the molecule is CCCCCCCOC(=O)c1ncco1. The highest BCUT2D eigenvalue weighted by Crippen LogP contribution is 2.04. The minimum atomic E-state index is -0.476. The summed E-state index contributed by atoms with van der Waals surface area (Å²) in [6.07, 6.45) is 8.46. The molecular formula is C11H17NO3. The van der Waals surface area contributed by atoms with Crippen molar-refractivity contribution < 1.29 is 13.9 Å². The predicted molar refractivity (Wildman–Crippen MR) is 55.5 cm³/mol. The highest BCUT2D eigenvalue weighted by Gasteiger charge is 2.10. The largest absolute Gasteiger partial charge is 0.459 e. The molecule has 0 amide bonds. The van der Waals surface area contributed by atoms with Gasteiger partial charge in [-0.3, -0.25) is 0 Å². The second kappa shape index (κ2) is 7.04. The summed E-state index contributed by atoms with van der Waals surface area (Å²) in [5, 5.41) is 0. The van der Waals surface area contributed by atoms with Crippen molar-refractivity contribution in [3.8, 4) is 0 Å². The van der Waals surface area contributed by atoms with Crippen molar-refractivity contribution in [2.75, 3.05) is 6.61 Å². The molecule has 0 bridgehead atoms. The first kappa shape index (κ1) is 11.8. The molecule has 4 heteroatoms. The van der Waals surface area contributed by atoms with Crippen LogP contribution >= 0.6 is 0 Å². The Balaban J connectivity index is 2.03. The standard InChI is InChI=1S/C11H17NO3/c1-2-3-4-5-6-8-15-11(13)10-12-7-9-14-10/h7,9H,2-6,8H2,1H3. The van der Waals surface area contributed by atoms with Gasteiger partial charge in [0.15, 0.2) is 0 Å². The number of carbonyl (C=O) groups is 1. The number of rotatable bonds is 7. The molecule has 0 aliphatic carbocycles. The van der Waals surface area contributed by atoms with Crippen LogP contribution in [-0.2, 0) is 4.74 Å². The van der Waals surface area contributed by atoms with Crippen molar-refractivity contribution >= 4 is 5.97 Å². The molecule has 0 N–H and O–H groups in total. The second-order valence-corrected chi connectivity index (χ2v) is 3.39. The van der Waals surface area contributed by atoms with E-state index >= 15 is 0 Å². The van der Waals surface area contributed by atoms with Crippen LogP contribution < -0.4 is 0 Å². The number of unbranched alkanes of at least 4 members (excludes halogenated alkanes) is 4. The number of carbonyl (C=O) groups excluding carboxylic acids is 1. The number of esters is 1. The Labute approximate surface area is 89.6 Å². The molecule has 0 radical (unpaired) electrons. The van der Waals surface area contributed by atoms with Crippen LogP contribution in [0.15, 0.2) is 16.9 Å². The van der Waals surface area contributed by atoms with E-state index in [4.69, 9.17) is 9.15 Å². The maximum absolute atomic E-state index is 11.2. The fraction of sp³-hybridized carbons (Fsp3) is 0.636. The summed E-state index contributed by atoms with van der Waals surface area (Å²) in [6.45, 7) is 2.62. The third-order valence-electron chi connectivity index (χ3n) is 2.09. The summed E-state index contributed by atoms with van der Waals surface area (Å²) in [5.41, 5.74) is 0. The Morgan fingerprint density at radius 1 is 1.40 bits per heavy atom. The zero-order chi connectivity index (χ0) is 10.9. The molecule has 0 saturated carbocycles. The zero-order valence-electron chi connectivity index (χ0n) is 9.07. The summed E-state index contributed by atoms with van der Waals surface area (Å²) < 4.78 is 9.78. The molecule has 84 valence electrons. The Bertz CT molecular complexity index is 269. The van der Waals surface area contributed by atoms with Gasteiger partial charge in [-0.15, -0.1) is 0 Å². The van der Waals surface area contributed by atoms with Gasteiger partial charge >= 0.3 is 11.9 Å². The lowest BCUT2D eigenvalue weighted by molar-refractivity contribution is 0.0452. The van der Waals surface area contributed by atoms with Crippen LogP contribution in [0.2, 0.25) is 0 Å². The molecule has 0 aliphatic heterocycles. The van der Waals surface area contributed by atoms with Gasteiger partial charge in [-0.1, -0.05) is 32.6 Å². The zero-order valence-corrected chi connectivity index (χ0v) is 9.07. The quantitative estimate of drug-likeness (QED) is 0.514. The topological polar surface area (TPSA) is 52.3 Å². The van der Waals surface area contributed by atoms with Gasteiger partial charge in [-0.25, -0.2) is 9.78 Å². The monoisotopic (exact) mass is 211 g/mol. The summed E-state index contributed by atoms with van der Waals surface area (Å²) in [5.74, 6) is -0.445. The van der Waals surface area contributed by atoms with Gasteiger partial charge in [0.1, 0.15) is 6.26 Å². The van der Waals surface area contributed by atoms with Gasteiger partial charge in [0.05, 0.1) is 12.8 Å². The van der Waals surface area contributed by atoms with E-state index in [0.29, 0.717) is 6.61 Å². The molecule has 1 aromatic rings. The summed E-state index contributed by atoms with van der Waals surface area (Å²) in [6, 6.07) is 0. The Kier molecular flexibility index (Phi) is 5.51. The summed E-state index contributed by atoms with van der Waals surface area (Å²) in [4.78, 5) is 14.9. The number of ether oxygens (including phenoxy) is 1. The van der Waals surface area contributed by atoms with E-state index in [-0.39, 0.29) is 5.89 Å². The van der Waals surface area contributed by atoms with Crippen molar-refractivity contribution in [2.24, 2.45) is 0 Å². The van der Waals surface area contributed by atoms with Crippen molar-refractivity contribution in [3.05, 3.63) is 18.4 Å². The maximum Gasteiger partial charge on any atom is 0.394 e. The molecule has 0 atom stereocenters. The molecule has 0 unspecified atom stereocenters. The van der Waals surface area contributed by atoms with Crippen molar-refractivity contribution in [1.29, 1.82) is 0 Å². The summed E-state index contributed by atoms with van der Waals surface area (Å²) >= 11 is 0. The Morgan fingerprint density at radius 2 is 2.20 bits per heavy atom. The average Bonchev–Trinajstić information content (AvgIpc) is 2.76. The maximum atomic E-state index is 11.2. The number of hydrogen-bond donors (Lipinski definition) is 0. The molecule has 1 aromatic heterocycles. The van der Waals surface area contributed by atoms with Crippen LogP contribution in [0.1, 0.15) is 49.7 Å². The third kappa shape index (κ3) is 4.63. The molecule has 0 spiro atoms. The molecule has 1 rings (SSSR count).